The van der Waals surface area contributed by atoms with Crippen LogP contribution in [0.5, 0.6) is 0 Å². The first-order valence-corrected chi connectivity index (χ1v) is 15.1. The van der Waals surface area contributed by atoms with Crippen molar-refractivity contribution in [2.24, 2.45) is 5.73 Å². The van der Waals surface area contributed by atoms with Crippen LogP contribution in [0.25, 0.3) is 0 Å². The average molecular weight is 624 g/mol. The summed E-state index contributed by atoms with van der Waals surface area (Å²) in [5, 5.41) is 41.6. The van der Waals surface area contributed by atoms with Gasteiger partial charge >= 0.3 is 17.9 Å². The molecule has 0 heterocycles. The molecule has 0 spiro atoms. The van der Waals surface area contributed by atoms with Gasteiger partial charge in [-0.1, -0.05) is 67.7 Å². The van der Waals surface area contributed by atoms with Gasteiger partial charge in [0.05, 0.1) is 6.10 Å². The van der Waals surface area contributed by atoms with Crippen molar-refractivity contribution in [1.82, 2.24) is 10.6 Å². The molecule has 0 aliphatic carbocycles. The fourth-order valence-electron chi connectivity index (χ4n) is 3.35. The number of hydrogen-bond donors (Lipinski definition) is 7. The summed E-state index contributed by atoms with van der Waals surface area (Å²) in [4.78, 5) is 57.8. The van der Waals surface area contributed by atoms with Crippen LogP contribution >= 0.6 is 11.8 Å². The van der Waals surface area contributed by atoms with Crippen LogP contribution in [0.3, 0.4) is 0 Å². The number of thioether (sulfide) groups is 1. The van der Waals surface area contributed by atoms with Crippen molar-refractivity contribution in [2.75, 3.05) is 12.3 Å². The first-order valence-electron chi connectivity index (χ1n) is 14.1. The van der Waals surface area contributed by atoms with Gasteiger partial charge in [-0.2, -0.15) is 0 Å². The Morgan fingerprint density at radius 2 is 1.49 bits per heavy atom. The Hall–Kier alpha value is -3.68. The maximum absolute atomic E-state index is 12.6. The van der Waals surface area contributed by atoms with E-state index in [0.29, 0.717) is 0 Å². The van der Waals surface area contributed by atoms with Gasteiger partial charge in [0.1, 0.15) is 18.6 Å². The maximum atomic E-state index is 12.6. The number of carbonyl (C=O) groups excluding carboxylic acids is 2. The molecular formula is C30H45N3O9S. The van der Waals surface area contributed by atoms with E-state index in [-0.39, 0.29) is 37.9 Å². The number of aliphatic hydroxyl groups excluding tert-OH is 1. The summed E-state index contributed by atoms with van der Waals surface area (Å²) >= 11 is 1.12. The molecule has 4 unspecified atom stereocenters. The van der Waals surface area contributed by atoms with Crippen molar-refractivity contribution in [3.05, 3.63) is 60.8 Å². The van der Waals surface area contributed by atoms with E-state index in [1.807, 2.05) is 18.2 Å². The van der Waals surface area contributed by atoms with Gasteiger partial charge in [-0.3, -0.25) is 24.0 Å². The fourth-order valence-corrected chi connectivity index (χ4v) is 4.56. The van der Waals surface area contributed by atoms with E-state index < -0.39 is 59.7 Å². The van der Waals surface area contributed by atoms with Gasteiger partial charge in [0, 0.05) is 23.8 Å². The third-order valence-corrected chi connectivity index (χ3v) is 7.06. The number of carbonyl (C=O) groups is 5. The zero-order valence-electron chi connectivity index (χ0n) is 24.5. The summed E-state index contributed by atoms with van der Waals surface area (Å²) < 4.78 is 0. The zero-order chi connectivity index (χ0) is 32.5. The highest BCUT2D eigenvalue weighted by Crippen LogP contribution is 2.22. The van der Waals surface area contributed by atoms with Crippen LogP contribution in [0, 0.1) is 0 Å². The van der Waals surface area contributed by atoms with E-state index in [0.717, 1.165) is 31.0 Å². The summed E-state index contributed by atoms with van der Waals surface area (Å²) in [6.45, 7) is 1.40. The van der Waals surface area contributed by atoms with E-state index in [1.54, 1.807) is 18.2 Å². The maximum Gasteiger partial charge on any atom is 0.322 e. The van der Waals surface area contributed by atoms with Crippen LogP contribution in [0.1, 0.15) is 58.3 Å². The Labute approximate surface area is 256 Å². The number of allylic oxidation sites excluding steroid dienone is 9. The molecule has 2 amide bonds. The molecule has 43 heavy (non-hydrogen) atoms. The summed E-state index contributed by atoms with van der Waals surface area (Å²) in [6.07, 6.45) is 20.7. The number of nitrogens with one attached hydrogen (secondary N) is 2. The van der Waals surface area contributed by atoms with Gasteiger partial charge in [-0.05, 0) is 38.5 Å². The minimum atomic E-state index is -1.28. The minimum Gasteiger partial charge on any atom is -0.481 e. The molecule has 0 aromatic rings. The summed E-state index contributed by atoms with van der Waals surface area (Å²) in [5.41, 5.74) is 5.43. The second kappa shape index (κ2) is 24.9. The van der Waals surface area contributed by atoms with E-state index >= 15 is 0 Å². The molecule has 0 rings (SSSR count). The Morgan fingerprint density at radius 1 is 0.837 bits per heavy atom. The Morgan fingerprint density at radius 3 is 2.12 bits per heavy atom. The molecule has 0 fully saturated rings. The topological polar surface area (TPSA) is 216 Å². The van der Waals surface area contributed by atoms with Gasteiger partial charge in [0.2, 0.25) is 11.8 Å². The molecule has 0 radical (unpaired) electrons. The van der Waals surface area contributed by atoms with Crippen molar-refractivity contribution in [1.29, 1.82) is 0 Å². The molecule has 8 N–H and O–H groups in total. The largest absolute Gasteiger partial charge is 0.481 e. The number of aliphatic carboxylic acids is 3. The molecule has 0 aliphatic heterocycles. The number of rotatable bonds is 24. The highest BCUT2D eigenvalue weighted by atomic mass is 32.2. The average Bonchev–Trinajstić information content (AvgIpc) is 2.95. The van der Waals surface area contributed by atoms with Crippen LogP contribution in [-0.2, 0) is 24.0 Å². The smallest absolute Gasteiger partial charge is 0.322 e. The Balaban J connectivity index is 5.41. The lowest BCUT2D eigenvalue weighted by atomic mass is 10.1. The normalized spacial score (nSPS) is 14.9. The Bertz CT molecular complexity index is 1020. The first kappa shape index (κ1) is 39.3. The van der Waals surface area contributed by atoms with E-state index in [9.17, 15) is 29.1 Å². The van der Waals surface area contributed by atoms with Crippen molar-refractivity contribution < 1.29 is 44.4 Å². The molecule has 0 saturated carbocycles. The molecule has 0 saturated heterocycles. The monoisotopic (exact) mass is 623 g/mol. The van der Waals surface area contributed by atoms with Gasteiger partial charge in [-0.15, -0.1) is 11.8 Å². The zero-order valence-corrected chi connectivity index (χ0v) is 25.3. The lowest BCUT2D eigenvalue weighted by molar-refractivity contribution is -0.139. The number of hydrogen-bond acceptors (Lipinski definition) is 8. The van der Waals surface area contributed by atoms with Gasteiger partial charge in [0.25, 0.3) is 0 Å². The van der Waals surface area contributed by atoms with Crippen LogP contribution in [0.2, 0.25) is 0 Å². The molecule has 0 bridgehead atoms. The molecule has 13 heteroatoms. The quantitative estimate of drug-likeness (QED) is 0.0612. The van der Waals surface area contributed by atoms with Crippen LogP contribution < -0.4 is 16.4 Å². The van der Waals surface area contributed by atoms with Crippen LogP contribution in [0.4, 0.5) is 0 Å². The highest BCUT2D eigenvalue weighted by Gasteiger charge is 2.25. The third kappa shape index (κ3) is 22.6. The van der Waals surface area contributed by atoms with Crippen molar-refractivity contribution in [3.8, 4) is 0 Å². The van der Waals surface area contributed by atoms with E-state index in [2.05, 4.69) is 41.9 Å². The SMILES string of the molecule is CC/C=C/C/C=C/C/C=C/C=C/C=C/C(SCC(NC(=O)CCC(N)C(=O)O)C(=O)NCC(=O)O)C(O)CCCC(=O)O. The van der Waals surface area contributed by atoms with E-state index in [1.165, 1.54) is 0 Å². The van der Waals surface area contributed by atoms with Gasteiger partial charge in [-0.25, -0.2) is 0 Å². The summed E-state index contributed by atoms with van der Waals surface area (Å²) in [7, 11) is 0. The Kier molecular flexibility index (Phi) is 22.7. The van der Waals surface area contributed by atoms with Crippen LogP contribution in [-0.4, -0.2) is 85.9 Å². The number of aliphatic hydroxyl groups is 1. The lowest BCUT2D eigenvalue weighted by Gasteiger charge is -2.23. The fraction of sp³-hybridized carbons (Fsp3) is 0.500. The van der Waals surface area contributed by atoms with Crippen molar-refractivity contribution >= 4 is 41.5 Å². The molecule has 0 aromatic carbocycles. The standard InChI is InChI=1S/C30H45N3O9S/c1-2-3-4-5-6-7-8-9-10-11-12-13-16-25(24(34)15-14-17-27(36)37)43-21-23(29(40)32-20-28(38)39)33-26(35)19-18-22(31)30(41)42/h3-4,6-7,9-13,16,22-25,34H,2,5,8,14-15,17-21,31H2,1H3,(H,32,40)(H,33,35)(H,36,37)(H,38,39)(H,41,42)/b4-3+,7-6+,10-9+,12-11+,16-13+. The predicted octanol–water partition coefficient (Wildman–Crippen LogP) is 2.55. The van der Waals surface area contributed by atoms with Crippen molar-refractivity contribution in [2.45, 2.75) is 81.7 Å². The predicted molar refractivity (Wildman–Crippen MR) is 166 cm³/mol. The van der Waals surface area contributed by atoms with E-state index in [4.69, 9.17) is 21.1 Å². The molecule has 4 atom stereocenters. The molecule has 240 valence electrons. The molecule has 12 nitrogen and oxygen atoms in total. The van der Waals surface area contributed by atoms with Gasteiger partial charge in [0.15, 0.2) is 0 Å². The summed E-state index contributed by atoms with van der Waals surface area (Å²) in [6, 6.07) is -2.45. The second-order valence-corrected chi connectivity index (χ2v) is 10.6. The van der Waals surface area contributed by atoms with Gasteiger partial charge < -0.3 is 36.8 Å². The second-order valence-electron chi connectivity index (χ2n) is 9.39. The lowest BCUT2D eigenvalue weighted by Crippen LogP contribution is -2.50. The number of carboxylic acids is 3. The van der Waals surface area contributed by atoms with Crippen molar-refractivity contribution in [3.63, 3.8) is 0 Å². The first-order chi connectivity index (χ1) is 20.5. The van der Waals surface area contributed by atoms with Crippen LogP contribution in [0.15, 0.2) is 60.8 Å². The molecule has 0 aromatic heterocycles. The number of amides is 2. The highest BCUT2D eigenvalue weighted by molar-refractivity contribution is 8.00. The third-order valence-electron chi connectivity index (χ3n) is 5.67. The summed E-state index contributed by atoms with van der Waals surface area (Å²) in [5.74, 6) is -5.03. The number of carboxylic acid groups (broad SMARTS) is 3. The molecular weight excluding hydrogens is 578 g/mol. The molecule has 0 aliphatic rings. The number of nitrogens with two attached hydrogens (primary N) is 1. The minimum absolute atomic E-state index is 0.0590.